The number of aliphatic hydroxyl groups is 1. The minimum atomic E-state index is 0.235. The lowest BCUT2D eigenvalue weighted by Gasteiger charge is -2.21. The Hall–Kier alpha value is -0.860. The molecule has 0 saturated carbocycles. The van der Waals surface area contributed by atoms with E-state index < -0.39 is 0 Å². The maximum atomic E-state index is 8.94. The van der Waals surface area contributed by atoms with Gasteiger partial charge in [0.15, 0.2) is 0 Å². The van der Waals surface area contributed by atoms with Gasteiger partial charge in [-0.25, -0.2) is 0 Å². The van der Waals surface area contributed by atoms with E-state index in [-0.39, 0.29) is 6.61 Å². The SMILES string of the molecule is CCN(CCO)Cc1c(C)cccc1C. The third kappa shape index (κ3) is 3.33. The highest BCUT2D eigenvalue weighted by atomic mass is 16.3. The number of aryl methyl sites for hydroxylation is 2. The summed E-state index contributed by atoms with van der Waals surface area (Å²) >= 11 is 0. The average molecular weight is 207 g/mol. The lowest BCUT2D eigenvalue weighted by atomic mass is 10.0. The maximum absolute atomic E-state index is 8.94. The maximum Gasteiger partial charge on any atom is 0.0558 e. The first kappa shape index (κ1) is 12.2. The van der Waals surface area contributed by atoms with Crippen molar-refractivity contribution in [3.05, 3.63) is 34.9 Å². The Morgan fingerprint density at radius 2 is 1.80 bits per heavy atom. The number of benzene rings is 1. The summed E-state index contributed by atoms with van der Waals surface area (Å²) in [5.74, 6) is 0. The second kappa shape index (κ2) is 5.89. The fraction of sp³-hybridized carbons (Fsp3) is 0.538. The molecule has 0 aliphatic heterocycles. The molecule has 0 unspecified atom stereocenters. The molecule has 1 aromatic rings. The number of hydrogen-bond donors (Lipinski definition) is 1. The molecule has 1 N–H and O–H groups in total. The van der Waals surface area contributed by atoms with Crippen molar-refractivity contribution >= 4 is 0 Å². The van der Waals surface area contributed by atoms with E-state index in [4.69, 9.17) is 5.11 Å². The Kier molecular flexibility index (Phi) is 4.79. The minimum Gasteiger partial charge on any atom is -0.395 e. The number of nitrogens with zero attached hydrogens (tertiary/aromatic N) is 1. The Morgan fingerprint density at radius 1 is 1.20 bits per heavy atom. The first-order valence-corrected chi connectivity index (χ1v) is 5.57. The molecule has 15 heavy (non-hydrogen) atoms. The fourth-order valence-electron chi connectivity index (χ4n) is 1.81. The van der Waals surface area contributed by atoms with E-state index in [1.807, 2.05) is 0 Å². The first-order chi connectivity index (χ1) is 7.19. The van der Waals surface area contributed by atoms with Gasteiger partial charge in [-0.3, -0.25) is 4.90 Å². The van der Waals surface area contributed by atoms with Gasteiger partial charge in [-0.15, -0.1) is 0 Å². The summed E-state index contributed by atoms with van der Waals surface area (Å²) in [6.07, 6.45) is 0. The van der Waals surface area contributed by atoms with Crippen LogP contribution < -0.4 is 0 Å². The van der Waals surface area contributed by atoms with Gasteiger partial charge in [0.25, 0.3) is 0 Å². The van der Waals surface area contributed by atoms with Crippen LogP contribution >= 0.6 is 0 Å². The van der Waals surface area contributed by atoms with Crippen LogP contribution in [0.3, 0.4) is 0 Å². The van der Waals surface area contributed by atoms with Gasteiger partial charge in [-0.2, -0.15) is 0 Å². The van der Waals surface area contributed by atoms with Crippen molar-refractivity contribution in [2.75, 3.05) is 19.7 Å². The van der Waals surface area contributed by atoms with E-state index in [0.29, 0.717) is 0 Å². The van der Waals surface area contributed by atoms with E-state index in [0.717, 1.165) is 19.6 Å². The van der Waals surface area contributed by atoms with Crippen LogP contribution in [0.2, 0.25) is 0 Å². The second-order valence-corrected chi connectivity index (χ2v) is 3.96. The molecular weight excluding hydrogens is 186 g/mol. The van der Waals surface area contributed by atoms with Crippen molar-refractivity contribution in [3.8, 4) is 0 Å². The zero-order chi connectivity index (χ0) is 11.3. The van der Waals surface area contributed by atoms with E-state index in [2.05, 4.69) is 43.9 Å². The van der Waals surface area contributed by atoms with E-state index in [1.54, 1.807) is 0 Å². The lowest BCUT2D eigenvalue weighted by molar-refractivity contribution is 0.196. The molecule has 2 heteroatoms. The van der Waals surface area contributed by atoms with Crippen LogP contribution in [0.5, 0.6) is 0 Å². The molecule has 0 heterocycles. The fourth-order valence-corrected chi connectivity index (χ4v) is 1.81. The van der Waals surface area contributed by atoms with Gasteiger partial charge in [-0.05, 0) is 37.1 Å². The van der Waals surface area contributed by atoms with Crippen LogP contribution in [-0.2, 0) is 6.54 Å². The van der Waals surface area contributed by atoms with Crippen molar-refractivity contribution in [2.45, 2.75) is 27.3 Å². The molecule has 0 atom stereocenters. The number of hydrogen-bond acceptors (Lipinski definition) is 2. The summed E-state index contributed by atoms with van der Waals surface area (Å²) in [7, 11) is 0. The van der Waals surface area contributed by atoms with Gasteiger partial charge in [-0.1, -0.05) is 25.1 Å². The van der Waals surface area contributed by atoms with Gasteiger partial charge in [0, 0.05) is 13.1 Å². The summed E-state index contributed by atoms with van der Waals surface area (Å²) in [5, 5.41) is 8.94. The number of aliphatic hydroxyl groups excluding tert-OH is 1. The lowest BCUT2D eigenvalue weighted by Crippen LogP contribution is -2.26. The smallest absolute Gasteiger partial charge is 0.0558 e. The first-order valence-electron chi connectivity index (χ1n) is 5.57. The van der Waals surface area contributed by atoms with Crippen LogP contribution in [0.25, 0.3) is 0 Å². The molecule has 0 aromatic heterocycles. The van der Waals surface area contributed by atoms with Gasteiger partial charge < -0.3 is 5.11 Å². The van der Waals surface area contributed by atoms with Gasteiger partial charge in [0.1, 0.15) is 0 Å². The predicted molar refractivity (Wildman–Crippen MR) is 64.0 cm³/mol. The quantitative estimate of drug-likeness (QED) is 0.799. The van der Waals surface area contributed by atoms with Crippen molar-refractivity contribution in [1.82, 2.24) is 4.90 Å². The van der Waals surface area contributed by atoms with Crippen LogP contribution in [0.15, 0.2) is 18.2 Å². The molecule has 1 aromatic carbocycles. The van der Waals surface area contributed by atoms with E-state index in [9.17, 15) is 0 Å². The molecule has 2 nitrogen and oxygen atoms in total. The highest BCUT2D eigenvalue weighted by molar-refractivity contribution is 5.33. The van der Waals surface area contributed by atoms with Crippen LogP contribution in [0.4, 0.5) is 0 Å². The molecule has 0 fully saturated rings. The molecule has 0 saturated heterocycles. The molecule has 0 spiro atoms. The molecular formula is C13H21NO. The highest BCUT2D eigenvalue weighted by Crippen LogP contribution is 2.15. The predicted octanol–water partition coefficient (Wildman–Crippen LogP) is 2.12. The molecule has 0 radical (unpaired) electrons. The zero-order valence-corrected chi connectivity index (χ0v) is 9.95. The molecule has 0 amide bonds. The second-order valence-electron chi connectivity index (χ2n) is 3.96. The largest absolute Gasteiger partial charge is 0.395 e. The summed E-state index contributed by atoms with van der Waals surface area (Å²) in [6, 6.07) is 6.39. The van der Waals surface area contributed by atoms with Gasteiger partial charge in [0.2, 0.25) is 0 Å². The Bertz CT molecular complexity index is 289. The highest BCUT2D eigenvalue weighted by Gasteiger charge is 2.07. The van der Waals surface area contributed by atoms with Crippen molar-refractivity contribution in [3.63, 3.8) is 0 Å². The topological polar surface area (TPSA) is 23.5 Å². The number of likely N-dealkylation sites (N-methyl/N-ethyl adjacent to an activating group) is 1. The standard InChI is InChI=1S/C13H21NO/c1-4-14(8-9-15)10-13-11(2)6-5-7-12(13)3/h5-7,15H,4,8-10H2,1-3H3. The Labute approximate surface area is 92.5 Å². The molecule has 0 aliphatic rings. The monoisotopic (exact) mass is 207 g/mol. The third-order valence-corrected chi connectivity index (χ3v) is 2.89. The summed E-state index contributed by atoms with van der Waals surface area (Å²) < 4.78 is 0. The Morgan fingerprint density at radius 3 is 2.27 bits per heavy atom. The normalized spacial score (nSPS) is 11.0. The van der Waals surface area contributed by atoms with Crippen molar-refractivity contribution in [1.29, 1.82) is 0 Å². The summed E-state index contributed by atoms with van der Waals surface area (Å²) in [5.41, 5.74) is 4.07. The molecule has 84 valence electrons. The Balaban J connectivity index is 2.78. The van der Waals surface area contributed by atoms with Crippen molar-refractivity contribution < 1.29 is 5.11 Å². The minimum absolute atomic E-state index is 0.235. The molecule has 0 aliphatic carbocycles. The van der Waals surface area contributed by atoms with Crippen LogP contribution in [0.1, 0.15) is 23.6 Å². The van der Waals surface area contributed by atoms with E-state index in [1.165, 1.54) is 16.7 Å². The summed E-state index contributed by atoms with van der Waals surface area (Å²) in [4.78, 5) is 2.26. The third-order valence-electron chi connectivity index (χ3n) is 2.89. The van der Waals surface area contributed by atoms with Gasteiger partial charge in [0.05, 0.1) is 6.61 Å². The zero-order valence-electron chi connectivity index (χ0n) is 9.95. The van der Waals surface area contributed by atoms with E-state index >= 15 is 0 Å². The molecule has 0 bridgehead atoms. The number of rotatable bonds is 5. The van der Waals surface area contributed by atoms with Crippen molar-refractivity contribution in [2.24, 2.45) is 0 Å². The summed E-state index contributed by atoms with van der Waals surface area (Å²) in [6.45, 7) is 9.33. The van der Waals surface area contributed by atoms with Gasteiger partial charge >= 0.3 is 0 Å². The molecule has 1 rings (SSSR count). The van der Waals surface area contributed by atoms with Crippen LogP contribution in [0, 0.1) is 13.8 Å². The van der Waals surface area contributed by atoms with Crippen LogP contribution in [-0.4, -0.2) is 29.7 Å². The average Bonchev–Trinajstić information content (AvgIpc) is 2.22.